The van der Waals surface area contributed by atoms with Gasteiger partial charge in [0.25, 0.3) is 0 Å². The average molecular weight is 188 g/mol. The van der Waals surface area contributed by atoms with E-state index < -0.39 is 0 Å². The molecular weight excluding hydrogens is 176 g/mol. The van der Waals surface area contributed by atoms with Crippen molar-refractivity contribution >= 4 is 0 Å². The second-order valence-electron chi connectivity index (χ2n) is 3.06. The summed E-state index contributed by atoms with van der Waals surface area (Å²) in [5, 5.41) is 4.34. The van der Waals surface area contributed by atoms with Crippen molar-refractivity contribution in [1.82, 2.24) is 19.7 Å². The smallest absolute Gasteiger partial charge is 0.177 e. The molecule has 0 aromatic carbocycles. The van der Waals surface area contributed by atoms with Crippen molar-refractivity contribution in [3.8, 4) is 11.5 Å². The lowest BCUT2D eigenvalue weighted by atomic mass is 10.3. The lowest BCUT2D eigenvalue weighted by Crippen LogP contribution is -2.01. The van der Waals surface area contributed by atoms with Crippen LogP contribution in [-0.2, 0) is 6.54 Å². The number of rotatable bonds is 2. The van der Waals surface area contributed by atoms with Crippen LogP contribution in [0, 0.1) is 6.92 Å². The maximum absolute atomic E-state index is 4.34. The van der Waals surface area contributed by atoms with Gasteiger partial charge in [-0.1, -0.05) is 0 Å². The summed E-state index contributed by atoms with van der Waals surface area (Å²) in [6.45, 7) is 4.86. The van der Waals surface area contributed by atoms with Gasteiger partial charge < -0.3 is 0 Å². The Balaban J connectivity index is 2.51. The highest BCUT2D eigenvalue weighted by Gasteiger charge is 2.07. The molecule has 0 aliphatic rings. The van der Waals surface area contributed by atoms with Crippen molar-refractivity contribution in [2.45, 2.75) is 20.4 Å². The predicted octanol–water partition coefficient (Wildman–Crippen LogP) is 1.67. The highest BCUT2D eigenvalue weighted by molar-refractivity contribution is 5.49. The molecule has 0 bridgehead atoms. The summed E-state index contributed by atoms with van der Waals surface area (Å²) >= 11 is 0. The van der Waals surface area contributed by atoms with Crippen molar-refractivity contribution in [1.29, 1.82) is 0 Å². The molecular formula is C10H12N4. The van der Waals surface area contributed by atoms with E-state index >= 15 is 0 Å². The topological polar surface area (TPSA) is 43.6 Å². The van der Waals surface area contributed by atoms with Gasteiger partial charge in [-0.25, -0.2) is 9.97 Å². The van der Waals surface area contributed by atoms with Crippen LogP contribution < -0.4 is 0 Å². The Morgan fingerprint density at radius 3 is 2.64 bits per heavy atom. The minimum Gasteiger partial charge on any atom is -0.262 e. The number of hydrogen-bond acceptors (Lipinski definition) is 3. The molecule has 2 heterocycles. The monoisotopic (exact) mass is 188 g/mol. The van der Waals surface area contributed by atoms with Gasteiger partial charge in [-0.15, -0.1) is 0 Å². The normalized spacial score (nSPS) is 10.4. The van der Waals surface area contributed by atoms with E-state index in [4.69, 9.17) is 0 Å². The summed E-state index contributed by atoms with van der Waals surface area (Å²) in [7, 11) is 0. The zero-order chi connectivity index (χ0) is 9.97. The summed E-state index contributed by atoms with van der Waals surface area (Å²) in [5.74, 6) is 0.731. The predicted molar refractivity (Wildman–Crippen MR) is 53.7 cm³/mol. The number of aromatic nitrogens is 4. The van der Waals surface area contributed by atoms with Gasteiger partial charge in [0.15, 0.2) is 5.82 Å². The SMILES string of the molecule is CCn1nc(C)cc1-c1ncccn1. The van der Waals surface area contributed by atoms with Crippen LogP contribution in [0.2, 0.25) is 0 Å². The molecule has 2 aromatic rings. The van der Waals surface area contributed by atoms with Crippen molar-refractivity contribution in [3.05, 3.63) is 30.2 Å². The molecule has 0 spiro atoms. The molecule has 14 heavy (non-hydrogen) atoms. The minimum absolute atomic E-state index is 0.731. The van der Waals surface area contributed by atoms with E-state index in [0.29, 0.717) is 0 Å². The summed E-state index contributed by atoms with van der Waals surface area (Å²) in [6, 6.07) is 3.81. The van der Waals surface area contributed by atoms with Gasteiger partial charge in [-0.2, -0.15) is 5.10 Å². The molecule has 2 aromatic heterocycles. The third-order valence-corrected chi connectivity index (χ3v) is 2.00. The minimum atomic E-state index is 0.731. The number of nitrogens with zero attached hydrogens (tertiary/aromatic N) is 4. The third-order valence-electron chi connectivity index (χ3n) is 2.00. The molecule has 0 atom stereocenters. The third kappa shape index (κ3) is 1.51. The first kappa shape index (κ1) is 8.87. The van der Waals surface area contributed by atoms with Crippen molar-refractivity contribution in [3.63, 3.8) is 0 Å². The Labute approximate surface area is 82.6 Å². The van der Waals surface area contributed by atoms with Crippen molar-refractivity contribution in [2.75, 3.05) is 0 Å². The van der Waals surface area contributed by atoms with Crippen LogP contribution in [0.25, 0.3) is 11.5 Å². The first-order valence-corrected chi connectivity index (χ1v) is 4.63. The maximum atomic E-state index is 4.34. The van der Waals surface area contributed by atoms with Crippen LogP contribution in [0.5, 0.6) is 0 Å². The Morgan fingerprint density at radius 1 is 1.29 bits per heavy atom. The molecule has 0 N–H and O–H groups in total. The molecule has 0 unspecified atom stereocenters. The van der Waals surface area contributed by atoms with E-state index in [1.807, 2.05) is 23.7 Å². The molecule has 0 amide bonds. The van der Waals surface area contributed by atoms with Gasteiger partial charge in [0.1, 0.15) is 5.69 Å². The molecule has 0 fully saturated rings. The molecule has 0 saturated carbocycles. The molecule has 2 rings (SSSR count). The lowest BCUT2D eigenvalue weighted by molar-refractivity contribution is 0.657. The zero-order valence-electron chi connectivity index (χ0n) is 8.31. The Morgan fingerprint density at radius 2 is 2.00 bits per heavy atom. The fourth-order valence-electron chi connectivity index (χ4n) is 1.40. The number of hydrogen-bond donors (Lipinski definition) is 0. The van der Waals surface area contributed by atoms with E-state index in [1.54, 1.807) is 12.4 Å². The van der Waals surface area contributed by atoms with Crippen LogP contribution in [0.3, 0.4) is 0 Å². The van der Waals surface area contributed by atoms with Crippen molar-refractivity contribution < 1.29 is 0 Å². The summed E-state index contributed by atoms with van der Waals surface area (Å²) in [4.78, 5) is 8.40. The van der Waals surface area contributed by atoms with Crippen molar-refractivity contribution in [2.24, 2.45) is 0 Å². The molecule has 0 aliphatic carbocycles. The molecule has 4 heteroatoms. The molecule has 0 saturated heterocycles. The van der Waals surface area contributed by atoms with Crippen LogP contribution >= 0.6 is 0 Å². The van der Waals surface area contributed by atoms with Gasteiger partial charge in [0, 0.05) is 18.9 Å². The first-order chi connectivity index (χ1) is 6.81. The van der Waals surface area contributed by atoms with E-state index in [9.17, 15) is 0 Å². The molecule has 0 aliphatic heterocycles. The largest absolute Gasteiger partial charge is 0.262 e. The molecule has 4 nitrogen and oxygen atoms in total. The van der Waals surface area contributed by atoms with Gasteiger partial charge in [0.05, 0.1) is 5.69 Å². The summed E-state index contributed by atoms with van der Waals surface area (Å²) < 4.78 is 1.91. The molecule has 72 valence electrons. The summed E-state index contributed by atoms with van der Waals surface area (Å²) in [5.41, 5.74) is 1.97. The van der Waals surface area contributed by atoms with E-state index in [1.165, 1.54) is 0 Å². The maximum Gasteiger partial charge on any atom is 0.177 e. The van der Waals surface area contributed by atoms with Crippen LogP contribution in [0.4, 0.5) is 0 Å². The van der Waals surface area contributed by atoms with E-state index in [-0.39, 0.29) is 0 Å². The van der Waals surface area contributed by atoms with Gasteiger partial charge in [-0.3, -0.25) is 4.68 Å². The second kappa shape index (κ2) is 3.57. The fourth-order valence-corrected chi connectivity index (χ4v) is 1.40. The van der Waals surface area contributed by atoms with Gasteiger partial charge in [-0.05, 0) is 26.0 Å². The first-order valence-electron chi connectivity index (χ1n) is 4.63. The summed E-state index contributed by atoms with van der Waals surface area (Å²) in [6.07, 6.45) is 3.48. The van der Waals surface area contributed by atoms with Gasteiger partial charge >= 0.3 is 0 Å². The Kier molecular flexibility index (Phi) is 2.26. The van der Waals surface area contributed by atoms with Crippen LogP contribution in [-0.4, -0.2) is 19.7 Å². The second-order valence-corrected chi connectivity index (χ2v) is 3.06. The van der Waals surface area contributed by atoms with E-state index in [0.717, 1.165) is 23.8 Å². The highest BCUT2D eigenvalue weighted by atomic mass is 15.3. The van der Waals surface area contributed by atoms with Crippen LogP contribution in [0.1, 0.15) is 12.6 Å². The zero-order valence-corrected chi connectivity index (χ0v) is 8.31. The fraction of sp³-hybridized carbons (Fsp3) is 0.300. The highest BCUT2D eigenvalue weighted by Crippen LogP contribution is 2.14. The number of aryl methyl sites for hydroxylation is 2. The Bertz CT molecular complexity index is 419. The van der Waals surface area contributed by atoms with Crippen LogP contribution in [0.15, 0.2) is 24.5 Å². The Hall–Kier alpha value is -1.71. The standard InChI is InChI=1S/C10H12N4/c1-3-14-9(7-8(2)13-14)10-11-5-4-6-12-10/h4-7H,3H2,1-2H3. The van der Waals surface area contributed by atoms with Gasteiger partial charge in [0.2, 0.25) is 0 Å². The molecule has 0 radical (unpaired) electrons. The van der Waals surface area contributed by atoms with E-state index in [2.05, 4.69) is 22.0 Å². The quantitative estimate of drug-likeness (QED) is 0.720. The average Bonchev–Trinajstić information content (AvgIpc) is 2.61. The lowest BCUT2D eigenvalue weighted by Gasteiger charge is -2.01.